The summed E-state index contributed by atoms with van der Waals surface area (Å²) < 4.78 is 43.3. The van der Waals surface area contributed by atoms with Gasteiger partial charge in [-0.1, -0.05) is 135 Å². The minimum Gasteiger partial charge on any atom is -0.480 e. The summed E-state index contributed by atoms with van der Waals surface area (Å²) >= 11 is 0. The van der Waals surface area contributed by atoms with E-state index >= 15 is 0 Å². The van der Waals surface area contributed by atoms with E-state index in [9.17, 15) is 52.2 Å². The molecule has 4 aliphatic rings. The zero-order valence-corrected chi connectivity index (χ0v) is 52.7. The number of carbonyl (C=O) groups is 8. The predicted octanol–water partition coefficient (Wildman–Crippen LogP) is 9.99. The Morgan fingerprint density at radius 2 is 0.868 bits per heavy atom. The second-order valence-electron chi connectivity index (χ2n) is 26.2. The summed E-state index contributed by atoms with van der Waals surface area (Å²) in [6, 6.07) is 33.0. The number of amides is 6. The number of fused-ring (bicyclic) bond motifs is 2. The fourth-order valence-corrected chi connectivity index (χ4v) is 11.9. The topological polar surface area (TPSA) is 222 Å². The number of methoxy groups -OCH3 is 1. The molecule has 6 atom stereocenters. The summed E-state index contributed by atoms with van der Waals surface area (Å²) in [4.78, 5) is 114. The number of ether oxygens (including phenoxy) is 3. The van der Waals surface area contributed by atoms with Gasteiger partial charge in [-0.2, -0.15) is 0 Å². The SMILES string of the molecule is CC(C)(C)OC(=O)N[C@H](Cc1ccc(F)cc1)C(=O)N1CCN([C@@H](Cc2ccc3ccccc3c2)C(=O)O)C(=O)[C@@H]1CC1CC1.COC(=O)[C@H](Cc1ccc2ccccc2c1)N1CCN(C(=O)[C@@H](Cc2ccc(F)cc2)NC(=O)OC(C)(C)C)[C@@H](CC2CC2)C1=O. The normalized spacial score (nSPS) is 18.3. The zero-order valence-electron chi connectivity index (χ0n) is 52.7. The monoisotopic (exact) mass is 1250 g/mol. The Morgan fingerprint density at radius 1 is 0.505 bits per heavy atom. The Labute approximate surface area is 529 Å². The molecule has 91 heavy (non-hydrogen) atoms. The van der Waals surface area contributed by atoms with E-state index < -0.39 is 101 Å². The standard InChI is InChI=1S/C36H42FN3O6.C35H40FN3O6/c1-36(2,3)46-35(44)38-29(20-23-12-15-28(37)16-13-23)32(41)39-17-18-40(33(42)30(39)21-24-9-10-24)31(34(43)45-4)22-25-11-14-26-7-5-6-8-27(26)19-25;1-35(2,3)45-34(44)37-28(19-22-11-14-27(36)15-12-22)31(40)38-16-17-39(32(41)29(38)20-23-8-9-23)30(33(42)43)21-24-10-13-25-6-4-5-7-26(25)18-24/h5-8,11-16,19,24,29-31H,9-10,17-18,20-22H2,1-4H3,(H,38,44);4-7,10-15,18,23,28-30H,8-9,16-17,19-21H2,1-3H3,(H,37,44)(H,42,43)/t29-,30+,31+;28-,29+,30+/m11/s1. The van der Waals surface area contributed by atoms with Crippen LogP contribution in [0.2, 0.25) is 0 Å². The molecule has 2 aliphatic carbocycles. The van der Waals surface area contributed by atoms with Crippen molar-refractivity contribution in [2.75, 3.05) is 33.3 Å². The van der Waals surface area contributed by atoms with E-state index in [0.717, 1.165) is 58.4 Å². The Morgan fingerprint density at radius 3 is 1.23 bits per heavy atom. The summed E-state index contributed by atoms with van der Waals surface area (Å²) in [5.41, 5.74) is 1.35. The molecule has 4 fully saturated rings. The lowest BCUT2D eigenvalue weighted by Gasteiger charge is -2.44. The van der Waals surface area contributed by atoms with Gasteiger partial charge in [0, 0.05) is 51.9 Å². The molecular weight excluding hydrogens is 1170 g/mol. The van der Waals surface area contributed by atoms with Gasteiger partial charge in [-0.05, 0) is 134 Å². The van der Waals surface area contributed by atoms with Crippen LogP contribution in [-0.2, 0) is 68.7 Å². The average Bonchev–Trinajstić information content (AvgIpc) is 1.87. The highest BCUT2D eigenvalue weighted by atomic mass is 19.1. The van der Waals surface area contributed by atoms with Crippen molar-refractivity contribution < 1.29 is 66.5 Å². The predicted molar refractivity (Wildman–Crippen MR) is 338 cm³/mol. The molecular formula is C71H82F2N6O12. The maximum atomic E-state index is 14.3. The first-order valence-corrected chi connectivity index (χ1v) is 31.3. The van der Waals surface area contributed by atoms with Crippen LogP contribution in [0.3, 0.4) is 0 Å². The van der Waals surface area contributed by atoms with Gasteiger partial charge in [-0.3, -0.25) is 19.2 Å². The molecule has 2 saturated heterocycles. The Kier molecular flexibility index (Phi) is 21.1. The number of carbonyl (C=O) groups excluding carboxylic acids is 7. The molecule has 2 aliphatic heterocycles. The molecule has 0 spiro atoms. The largest absolute Gasteiger partial charge is 0.480 e. The fraction of sp³-hybridized carbons (Fsp3) is 0.437. The highest BCUT2D eigenvalue weighted by molar-refractivity contribution is 5.96. The van der Waals surface area contributed by atoms with Crippen LogP contribution >= 0.6 is 0 Å². The van der Waals surface area contributed by atoms with E-state index in [4.69, 9.17) is 14.2 Å². The quantitative estimate of drug-likeness (QED) is 0.0480. The first kappa shape index (κ1) is 66.5. The number of rotatable bonds is 20. The lowest BCUT2D eigenvalue weighted by Crippen LogP contribution is -2.65. The number of hydrogen-bond acceptors (Lipinski definition) is 11. The van der Waals surface area contributed by atoms with Crippen LogP contribution in [0.5, 0.6) is 0 Å². The molecule has 0 aromatic heterocycles. The van der Waals surface area contributed by atoms with E-state index in [-0.39, 0.29) is 69.6 Å². The summed E-state index contributed by atoms with van der Waals surface area (Å²) in [7, 11) is 1.31. The smallest absolute Gasteiger partial charge is 0.408 e. The molecule has 482 valence electrons. The van der Waals surface area contributed by atoms with Crippen molar-refractivity contribution >= 4 is 69.3 Å². The average molecular weight is 1250 g/mol. The molecule has 10 rings (SSSR count). The maximum Gasteiger partial charge on any atom is 0.408 e. The van der Waals surface area contributed by atoms with Gasteiger partial charge in [0.25, 0.3) is 0 Å². The van der Waals surface area contributed by atoms with E-state index in [1.807, 2.05) is 84.9 Å². The molecule has 18 nitrogen and oxygen atoms in total. The number of nitrogens with one attached hydrogen (secondary N) is 2. The number of piperazine rings is 2. The van der Waals surface area contributed by atoms with Crippen molar-refractivity contribution in [2.45, 2.75) is 153 Å². The molecule has 6 amide bonds. The molecule has 2 saturated carbocycles. The van der Waals surface area contributed by atoms with Gasteiger partial charge < -0.3 is 49.6 Å². The van der Waals surface area contributed by atoms with Crippen LogP contribution in [0.4, 0.5) is 18.4 Å². The summed E-state index contributed by atoms with van der Waals surface area (Å²) in [6.45, 7) is 10.7. The van der Waals surface area contributed by atoms with Crippen LogP contribution in [-0.4, -0.2) is 153 Å². The van der Waals surface area contributed by atoms with Crippen molar-refractivity contribution in [1.82, 2.24) is 30.2 Å². The molecule has 0 bridgehead atoms. The van der Waals surface area contributed by atoms with Gasteiger partial charge >= 0.3 is 24.1 Å². The molecule has 0 radical (unpaired) electrons. The minimum atomic E-state index is -1.11. The van der Waals surface area contributed by atoms with E-state index in [1.165, 1.54) is 46.1 Å². The molecule has 20 heteroatoms. The van der Waals surface area contributed by atoms with Crippen LogP contribution in [0, 0.1) is 23.5 Å². The number of aliphatic carboxylic acids is 1. The number of benzene rings is 6. The Bertz CT molecular complexity index is 3620. The second-order valence-corrected chi connectivity index (χ2v) is 26.2. The first-order valence-electron chi connectivity index (χ1n) is 31.3. The number of esters is 1. The number of carboxylic acids is 1. The van der Waals surface area contributed by atoms with Gasteiger partial charge in [0.1, 0.15) is 59.1 Å². The fourth-order valence-electron chi connectivity index (χ4n) is 11.9. The van der Waals surface area contributed by atoms with Gasteiger partial charge in [0.15, 0.2) is 0 Å². The van der Waals surface area contributed by atoms with Gasteiger partial charge in [0.2, 0.25) is 23.6 Å². The lowest BCUT2D eigenvalue weighted by atomic mass is 9.96. The van der Waals surface area contributed by atoms with E-state index in [0.29, 0.717) is 24.0 Å². The van der Waals surface area contributed by atoms with Crippen LogP contribution < -0.4 is 10.6 Å². The Balaban J connectivity index is 0.000000215. The maximum absolute atomic E-state index is 14.3. The molecule has 6 aromatic rings. The molecule has 3 N–H and O–H groups in total. The third kappa shape index (κ3) is 18.2. The Hall–Kier alpha value is -8.94. The zero-order chi connectivity index (χ0) is 65.3. The number of alkyl carbamates (subject to hydrolysis) is 2. The van der Waals surface area contributed by atoms with Gasteiger partial charge in [-0.25, -0.2) is 28.0 Å². The van der Waals surface area contributed by atoms with E-state index in [2.05, 4.69) is 10.6 Å². The number of carboxylic acid groups (broad SMARTS) is 1. The number of halogens is 2. The third-order valence-electron chi connectivity index (χ3n) is 16.8. The highest BCUT2D eigenvalue weighted by Gasteiger charge is 2.48. The summed E-state index contributed by atoms with van der Waals surface area (Å²) in [5, 5.41) is 19.8. The van der Waals surface area contributed by atoms with Crippen molar-refractivity contribution in [1.29, 1.82) is 0 Å². The van der Waals surface area contributed by atoms with Crippen LogP contribution in [0.1, 0.15) is 102 Å². The van der Waals surface area contributed by atoms with Crippen molar-refractivity contribution in [3.05, 3.63) is 167 Å². The summed E-state index contributed by atoms with van der Waals surface area (Å²) in [5.74, 6) is -3.56. The molecule has 0 unspecified atom stereocenters. The van der Waals surface area contributed by atoms with Crippen LogP contribution in [0.15, 0.2) is 133 Å². The first-order chi connectivity index (χ1) is 43.3. The lowest BCUT2D eigenvalue weighted by molar-refractivity contribution is -0.162. The minimum absolute atomic E-state index is 0.0337. The van der Waals surface area contributed by atoms with Crippen LogP contribution in [0.25, 0.3) is 21.5 Å². The molecule has 6 aromatic carbocycles. The van der Waals surface area contributed by atoms with Crippen molar-refractivity contribution in [2.24, 2.45) is 11.8 Å². The highest BCUT2D eigenvalue weighted by Crippen LogP contribution is 2.38. The van der Waals surface area contributed by atoms with Crippen molar-refractivity contribution in [3.8, 4) is 0 Å². The third-order valence-corrected chi connectivity index (χ3v) is 16.8. The van der Waals surface area contributed by atoms with E-state index in [1.54, 1.807) is 70.7 Å². The number of hydrogen-bond donors (Lipinski definition) is 3. The number of nitrogens with zero attached hydrogens (tertiary/aromatic N) is 4. The molecule has 2 heterocycles. The van der Waals surface area contributed by atoms with Gasteiger partial charge in [0.05, 0.1) is 7.11 Å². The van der Waals surface area contributed by atoms with Crippen molar-refractivity contribution in [3.63, 3.8) is 0 Å². The second kappa shape index (κ2) is 28.9. The van der Waals surface area contributed by atoms with Gasteiger partial charge in [-0.15, -0.1) is 0 Å². The summed E-state index contributed by atoms with van der Waals surface area (Å²) in [6.07, 6.45) is 3.63.